The number of rotatable bonds is 5. The monoisotopic (exact) mass is 648 g/mol. The molecule has 1 aromatic carbocycles. The van der Waals surface area contributed by atoms with Crippen molar-refractivity contribution in [2.24, 2.45) is 11.8 Å². The molecule has 3 aliphatic heterocycles. The summed E-state index contributed by atoms with van der Waals surface area (Å²) in [7, 11) is 4.57. The average Bonchev–Trinajstić information content (AvgIpc) is 3.65. The largest absolute Gasteiger partial charge is 0.495 e. The van der Waals surface area contributed by atoms with Gasteiger partial charge in [0.05, 0.1) is 25.3 Å². The summed E-state index contributed by atoms with van der Waals surface area (Å²) in [6.07, 6.45) is 1.84. The summed E-state index contributed by atoms with van der Waals surface area (Å²) in [6, 6.07) is 3.64. The summed E-state index contributed by atoms with van der Waals surface area (Å²) < 4.78 is 28.9. The Morgan fingerprint density at radius 3 is 2.62 bits per heavy atom. The van der Waals surface area contributed by atoms with Gasteiger partial charge in [-0.3, -0.25) is 14.9 Å². The second-order valence-electron chi connectivity index (χ2n) is 12.9. The highest BCUT2D eigenvalue weighted by Crippen LogP contribution is 2.49. The molecule has 0 spiro atoms. The zero-order valence-corrected chi connectivity index (χ0v) is 28.0. The van der Waals surface area contributed by atoms with Gasteiger partial charge in [0.1, 0.15) is 34.7 Å². The number of carbonyl (C=O) groups is 3. The van der Waals surface area contributed by atoms with Gasteiger partial charge in [-0.25, -0.2) is 4.79 Å². The maximum absolute atomic E-state index is 13.8. The number of amides is 2. The van der Waals surface area contributed by atoms with Gasteiger partial charge in [-0.2, -0.15) is 0 Å². The number of ether oxygens (including phenoxy) is 5. The Balaban J connectivity index is 1.79. The lowest BCUT2D eigenvalue weighted by atomic mass is 9.83. The first kappa shape index (κ1) is 34.7. The fourth-order valence-corrected chi connectivity index (χ4v) is 6.46. The van der Waals surface area contributed by atoms with Gasteiger partial charge in [0.25, 0.3) is 0 Å². The summed E-state index contributed by atoms with van der Waals surface area (Å²) in [5, 5.41) is 14.4. The predicted octanol–water partition coefficient (Wildman–Crippen LogP) is 4.71. The minimum Gasteiger partial charge on any atom is -0.495 e. The Kier molecular flexibility index (Phi) is 10.6. The lowest BCUT2D eigenvalue weighted by molar-refractivity contribution is -0.154. The van der Waals surface area contributed by atoms with Gasteiger partial charge in [0, 0.05) is 32.9 Å². The van der Waals surface area contributed by atoms with Gasteiger partial charge in [0.2, 0.25) is 5.91 Å². The molecule has 7 unspecified atom stereocenters. The lowest BCUT2D eigenvalue weighted by Gasteiger charge is -2.42. The molecular formula is C33H45ClN2O9. The quantitative estimate of drug-likeness (QED) is 0.344. The molecule has 2 N–H and O–H groups in total. The molecular weight excluding hydrogens is 604 g/mol. The van der Waals surface area contributed by atoms with Gasteiger partial charge >= 0.3 is 12.1 Å². The number of benzene rings is 1. The second kappa shape index (κ2) is 13.7. The normalized spacial score (nSPS) is 34.2. The molecule has 7 atom stereocenters. The van der Waals surface area contributed by atoms with E-state index in [4.69, 9.17) is 35.3 Å². The maximum atomic E-state index is 13.8. The molecule has 12 heteroatoms. The molecule has 0 aromatic heterocycles. The van der Waals surface area contributed by atoms with Gasteiger partial charge in [-0.15, -0.1) is 0 Å². The highest BCUT2D eigenvalue weighted by atomic mass is 35.5. The van der Waals surface area contributed by atoms with Crippen molar-refractivity contribution < 1.29 is 43.2 Å². The first-order valence-electron chi connectivity index (χ1n) is 15.2. The number of methoxy groups -OCH3 is 2. The number of nitrogens with zero attached hydrogens (tertiary/aromatic N) is 1. The van der Waals surface area contributed by atoms with Crippen molar-refractivity contribution in [2.45, 2.75) is 96.0 Å². The minimum atomic E-state index is -1.77. The first-order chi connectivity index (χ1) is 21.1. The third-order valence-corrected chi connectivity index (χ3v) is 9.18. The average molecular weight is 649 g/mol. The van der Waals surface area contributed by atoms with E-state index in [-0.39, 0.29) is 36.1 Å². The highest BCUT2D eigenvalue weighted by molar-refractivity contribution is 6.35. The molecule has 0 aliphatic carbocycles. The smallest absolute Gasteiger partial charge is 0.409 e. The number of fused-ring (bicyclic) bond motifs is 5. The van der Waals surface area contributed by atoms with Crippen LogP contribution in [0.5, 0.6) is 5.75 Å². The standard InChI is InChI=1S/C33H45ClN2O9/c1-18(2)12-28(38)44-26-16-27(37)36(6)22-14-21(15-23(41-7)29(22)34)13-19(3)10-9-11-25(42-8)33(40)17-24(43-31(39)35-33)20(4)30-32(26,5)45-30/h9-11,14-15,18,20,24-26,30,40H,12-13,16-17H2,1-8H3,(H,35,39)/b11-9+,19-10-. The number of hydrogen-bond donors (Lipinski definition) is 2. The van der Waals surface area contributed by atoms with Crippen LogP contribution in [0.15, 0.2) is 35.9 Å². The third kappa shape index (κ3) is 7.65. The first-order valence-corrected chi connectivity index (χ1v) is 15.6. The molecule has 248 valence electrons. The van der Waals surface area contributed by atoms with Crippen LogP contribution in [0.2, 0.25) is 5.02 Å². The van der Waals surface area contributed by atoms with Crippen LogP contribution in [0.25, 0.3) is 0 Å². The van der Waals surface area contributed by atoms with Crippen molar-refractivity contribution in [3.05, 3.63) is 46.5 Å². The molecule has 2 saturated heterocycles. The minimum absolute atomic E-state index is 0.00495. The second-order valence-corrected chi connectivity index (χ2v) is 13.3. The summed E-state index contributed by atoms with van der Waals surface area (Å²) in [5.41, 5.74) is -0.578. The SMILES string of the molecule is COc1cc2cc(c1Cl)N(C)C(=O)CC(OC(=O)CC(C)C)C1(C)OC1C(C)C1CC(O)(NC(=O)O1)C(OC)/C=C/C=C(/C)C2. The van der Waals surface area contributed by atoms with Crippen LogP contribution in [0, 0.1) is 11.8 Å². The van der Waals surface area contributed by atoms with E-state index in [2.05, 4.69) is 5.32 Å². The molecule has 11 nitrogen and oxygen atoms in total. The molecule has 3 aliphatic rings. The van der Waals surface area contributed by atoms with E-state index in [1.54, 1.807) is 26.1 Å². The molecule has 0 radical (unpaired) electrons. The number of nitrogens with one attached hydrogen (secondary N) is 1. The fourth-order valence-electron chi connectivity index (χ4n) is 6.15. The Hall–Kier alpha value is -3.12. The van der Waals surface area contributed by atoms with Gasteiger partial charge < -0.3 is 33.7 Å². The van der Waals surface area contributed by atoms with Crippen LogP contribution in [0.1, 0.15) is 59.4 Å². The van der Waals surface area contributed by atoms with Crippen LogP contribution in [0.4, 0.5) is 10.5 Å². The molecule has 3 heterocycles. The zero-order valence-electron chi connectivity index (χ0n) is 27.2. The molecule has 4 bridgehead atoms. The molecule has 45 heavy (non-hydrogen) atoms. The summed E-state index contributed by atoms with van der Waals surface area (Å²) in [6.45, 7) is 9.36. The van der Waals surface area contributed by atoms with Crippen molar-refractivity contribution in [1.82, 2.24) is 5.32 Å². The molecule has 2 amide bonds. The van der Waals surface area contributed by atoms with Crippen molar-refractivity contribution >= 4 is 35.3 Å². The number of carbonyl (C=O) groups excluding carboxylic acids is 3. The number of epoxide rings is 1. The van der Waals surface area contributed by atoms with Crippen LogP contribution < -0.4 is 15.0 Å². The number of halogens is 1. The van der Waals surface area contributed by atoms with Crippen molar-refractivity contribution in [1.29, 1.82) is 0 Å². The summed E-state index contributed by atoms with van der Waals surface area (Å²) in [5.74, 6) is -0.779. The number of aliphatic hydroxyl groups is 1. The van der Waals surface area contributed by atoms with Crippen molar-refractivity contribution in [2.75, 3.05) is 26.2 Å². The van der Waals surface area contributed by atoms with Gasteiger partial charge in [-0.05, 0) is 43.9 Å². The topological polar surface area (TPSA) is 136 Å². The third-order valence-electron chi connectivity index (χ3n) is 8.80. The Morgan fingerprint density at radius 2 is 1.98 bits per heavy atom. The summed E-state index contributed by atoms with van der Waals surface area (Å²) in [4.78, 5) is 40.9. The van der Waals surface area contributed by atoms with Crippen LogP contribution in [0.3, 0.4) is 0 Å². The number of esters is 1. The van der Waals surface area contributed by atoms with Crippen LogP contribution >= 0.6 is 11.6 Å². The summed E-state index contributed by atoms with van der Waals surface area (Å²) >= 11 is 6.70. The van der Waals surface area contributed by atoms with E-state index in [9.17, 15) is 19.5 Å². The van der Waals surface area contributed by atoms with E-state index in [1.165, 1.54) is 19.1 Å². The van der Waals surface area contributed by atoms with Crippen LogP contribution in [-0.2, 0) is 35.0 Å². The van der Waals surface area contributed by atoms with E-state index in [0.29, 0.717) is 17.9 Å². The number of hydrogen-bond acceptors (Lipinski definition) is 9. The van der Waals surface area contributed by atoms with Crippen LogP contribution in [-0.4, -0.2) is 80.1 Å². The molecule has 1 aromatic rings. The van der Waals surface area contributed by atoms with E-state index < -0.39 is 53.7 Å². The van der Waals surface area contributed by atoms with Crippen molar-refractivity contribution in [3.63, 3.8) is 0 Å². The predicted molar refractivity (Wildman–Crippen MR) is 168 cm³/mol. The van der Waals surface area contributed by atoms with E-state index >= 15 is 0 Å². The highest BCUT2D eigenvalue weighted by Gasteiger charge is 2.64. The molecule has 0 saturated carbocycles. The maximum Gasteiger partial charge on any atom is 0.409 e. The molecule has 2 fully saturated rings. The van der Waals surface area contributed by atoms with Crippen molar-refractivity contribution in [3.8, 4) is 5.75 Å². The fraction of sp³-hybridized carbons (Fsp3) is 0.606. The van der Waals surface area contributed by atoms with E-state index in [1.807, 2.05) is 45.9 Å². The Labute approximate surface area is 269 Å². The Morgan fingerprint density at radius 1 is 1.27 bits per heavy atom. The number of alkyl carbamates (subject to hydrolysis) is 1. The lowest BCUT2D eigenvalue weighted by Crippen LogP contribution is -2.63. The number of anilines is 1. The van der Waals surface area contributed by atoms with E-state index in [0.717, 1.165) is 11.1 Å². The number of allylic oxidation sites excluding steroid dienone is 3. The van der Waals surface area contributed by atoms with Gasteiger partial charge in [-0.1, -0.05) is 56.2 Å². The van der Waals surface area contributed by atoms with Gasteiger partial charge in [0.15, 0.2) is 5.72 Å². The molecule has 4 rings (SSSR count). The zero-order chi connectivity index (χ0) is 33.3. The Bertz CT molecular complexity index is 1360.